The molecule has 1 unspecified atom stereocenters. The van der Waals surface area contributed by atoms with Crippen LogP contribution < -0.4 is 11.1 Å². The van der Waals surface area contributed by atoms with Gasteiger partial charge in [0, 0.05) is 6.07 Å². The van der Waals surface area contributed by atoms with Gasteiger partial charge in [-0.25, -0.2) is 8.78 Å². The molecule has 20 heavy (non-hydrogen) atoms. The molecule has 0 bridgehead atoms. The van der Waals surface area contributed by atoms with Crippen LogP contribution >= 0.6 is 0 Å². The molecule has 2 aromatic rings. The Labute approximate surface area is 115 Å². The molecule has 0 aromatic heterocycles. The summed E-state index contributed by atoms with van der Waals surface area (Å²) in [4.78, 5) is 11.9. The third kappa shape index (κ3) is 3.19. The predicted molar refractivity (Wildman–Crippen MR) is 73.1 cm³/mol. The van der Waals surface area contributed by atoms with E-state index in [9.17, 15) is 13.6 Å². The summed E-state index contributed by atoms with van der Waals surface area (Å²) in [7, 11) is 0. The minimum atomic E-state index is -0.946. The number of nitrogens with one attached hydrogen (secondary N) is 1. The lowest BCUT2D eigenvalue weighted by Crippen LogP contribution is -2.28. The number of hydrogen-bond donors (Lipinski definition) is 2. The molecule has 0 radical (unpaired) electrons. The molecular formula is C15H14F2N2O. The number of aryl methyl sites for hydroxylation is 1. The topological polar surface area (TPSA) is 55.1 Å². The monoisotopic (exact) mass is 276 g/mol. The summed E-state index contributed by atoms with van der Waals surface area (Å²) in [5.41, 5.74) is 7.21. The zero-order valence-corrected chi connectivity index (χ0v) is 10.9. The zero-order valence-electron chi connectivity index (χ0n) is 10.9. The molecule has 0 spiro atoms. The fourth-order valence-electron chi connectivity index (χ4n) is 1.73. The number of rotatable bonds is 3. The smallest absolute Gasteiger partial charge is 0.245 e. The van der Waals surface area contributed by atoms with E-state index < -0.39 is 23.6 Å². The van der Waals surface area contributed by atoms with Gasteiger partial charge in [-0.3, -0.25) is 4.79 Å². The molecule has 0 aliphatic carbocycles. The number of benzene rings is 2. The van der Waals surface area contributed by atoms with E-state index in [-0.39, 0.29) is 5.69 Å². The van der Waals surface area contributed by atoms with Crippen LogP contribution in [0.3, 0.4) is 0 Å². The third-order valence-corrected chi connectivity index (χ3v) is 2.91. The average molecular weight is 276 g/mol. The highest BCUT2D eigenvalue weighted by atomic mass is 19.1. The Balaban J connectivity index is 2.15. The summed E-state index contributed by atoms with van der Waals surface area (Å²) in [5.74, 6) is -1.94. The maximum atomic E-state index is 13.4. The van der Waals surface area contributed by atoms with E-state index in [1.807, 2.05) is 19.1 Å². The van der Waals surface area contributed by atoms with Crippen LogP contribution in [-0.2, 0) is 4.79 Å². The molecule has 0 saturated carbocycles. The second-order valence-corrected chi connectivity index (χ2v) is 4.50. The van der Waals surface area contributed by atoms with Crippen molar-refractivity contribution in [3.05, 3.63) is 65.2 Å². The van der Waals surface area contributed by atoms with Crippen LogP contribution in [0.15, 0.2) is 42.5 Å². The number of amides is 1. The van der Waals surface area contributed by atoms with Crippen LogP contribution in [0.1, 0.15) is 17.2 Å². The Morgan fingerprint density at radius 3 is 2.45 bits per heavy atom. The summed E-state index contributed by atoms with van der Waals surface area (Å²) < 4.78 is 26.4. The molecule has 3 N–H and O–H groups in total. The van der Waals surface area contributed by atoms with E-state index in [0.717, 1.165) is 23.8 Å². The second-order valence-electron chi connectivity index (χ2n) is 4.50. The van der Waals surface area contributed by atoms with Crippen molar-refractivity contribution >= 4 is 11.6 Å². The highest BCUT2D eigenvalue weighted by Gasteiger charge is 2.17. The molecule has 0 saturated heterocycles. The molecule has 0 aliphatic rings. The number of hydrogen-bond acceptors (Lipinski definition) is 2. The largest absolute Gasteiger partial charge is 0.322 e. The van der Waals surface area contributed by atoms with Gasteiger partial charge in [-0.05, 0) is 24.6 Å². The van der Waals surface area contributed by atoms with Crippen LogP contribution in [0.4, 0.5) is 14.5 Å². The third-order valence-electron chi connectivity index (χ3n) is 2.91. The van der Waals surface area contributed by atoms with Crippen LogP contribution in [0.2, 0.25) is 0 Å². The Hall–Kier alpha value is -2.27. The van der Waals surface area contributed by atoms with Crippen LogP contribution in [0.5, 0.6) is 0 Å². The molecule has 0 heterocycles. The van der Waals surface area contributed by atoms with Gasteiger partial charge in [-0.1, -0.05) is 29.8 Å². The predicted octanol–water partition coefficient (Wildman–Crippen LogP) is 2.91. The van der Waals surface area contributed by atoms with E-state index in [0.29, 0.717) is 5.56 Å². The van der Waals surface area contributed by atoms with E-state index in [2.05, 4.69) is 5.32 Å². The normalized spacial score (nSPS) is 12.0. The van der Waals surface area contributed by atoms with Crippen molar-refractivity contribution in [1.82, 2.24) is 0 Å². The summed E-state index contributed by atoms with van der Waals surface area (Å²) in [6.45, 7) is 1.91. The SMILES string of the molecule is Cc1ccc(C(N)C(=O)Nc2cc(F)ccc2F)cc1. The molecule has 2 rings (SSSR count). The summed E-state index contributed by atoms with van der Waals surface area (Å²) in [6, 6.07) is 8.99. The lowest BCUT2D eigenvalue weighted by Gasteiger charge is -2.13. The Morgan fingerprint density at radius 2 is 1.80 bits per heavy atom. The van der Waals surface area contributed by atoms with Crippen molar-refractivity contribution in [3.8, 4) is 0 Å². The van der Waals surface area contributed by atoms with Gasteiger partial charge < -0.3 is 11.1 Å². The highest BCUT2D eigenvalue weighted by Crippen LogP contribution is 2.18. The first kappa shape index (κ1) is 14.1. The van der Waals surface area contributed by atoms with Gasteiger partial charge >= 0.3 is 0 Å². The number of carbonyl (C=O) groups is 1. The van der Waals surface area contributed by atoms with Gasteiger partial charge in [-0.2, -0.15) is 0 Å². The second kappa shape index (κ2) is 5.79. The maximum absolute atomic E-state index is 13.4. The van der Waals surface area contributed by atoms with Crippen molar-refractivity contribution in [1.29, 1.82) is 0 Å². The van der Waals surface area contributed by atoms with Crippen molar-refractivity contribution in [2.75, 3.05) is 5.32 Å². The van der Waals surface area contributed by atoms with E-state index in [4.69, 9.17) is 5.73 Å². The van der Waals surface area contributed by atoms with Gasteiger partial charge in [0.05, 0.1) is 5.69 Å². The molecule has 0 aliphatic heterocycles. The van der Waals surface area contributed by atoms with Crippen LogP contribution in [0.25, 0.3) is 0 Å². The lowest BCUT2D eigenvalue weighted by molar-refractivity contribution is -0.117. The fourth-order valence-corrected chi connectivity index (χ4v) is 1.73. The first-order chi connectivity index (χ1) is 9.47. The quantitative estimate of drug-likeness (QED) is 0.905. The van der Waals surface area contributed by atoms with Crippen molar-refractivity contribution in [2.45, 2.75) is 13.0 Å². The number of nitrogens with two attached hydrogens (primary N) is 1. The van der Waals surface area contributed by atoms with Gasteiger partial charge in [0.2, 0.25) is 5.91 Å². The molecule has 2 aromatic carbocycles. The molecule has 0 fully saturated rings. The average Bonchev–Trinajstić information content (AvgIpc) is 2.43. The first-order valence-corrected chi connectivity index (χ1v) is 6.05. The summed E-state index contributed by atoms with van der Waals surface area (Å²) >= 11 is 0. The lowest BCUT2D eigenvalue weighted by atomic mass is 10.1. The van der Waals surface area contributed by atoms with Crippen molar-refractivity contribution in [3.63, 3.8) is 0 Å². The van der Waals surface area contributed by atoms with Crippen molar-refractivity contribution < 1.29 is 13.6 Å². The fraction of sp³-hybridized carbons (Fsp3) is 0.133. The van der Waals surface area contributed by atoms with Crippen LogP contribution in [0, 0.1) is 18.6 Å². The zero-order chi connectivity index (χ0) is 14.7. The Bertz CT molecular complexity index is 626. The van der Waals surface area contributed by atoms with E-state index >= 15 is 0 Å². The molecule has 104 valence electrons. The van der Waals surface area contributed by atoms with Gasteiger partial charge in [0.25, 0.3) is 0 Å². The maximum Gasteiger partial charge on any atom is 0.245 e. The minimum Gasteiger partial charge on any atom is -0.322 e. The van der Waals surface area contributed by atoms with Gasteiger partial charge in [-0.15, -0.1) is 0 Å². The Morgan fingerprint density at radius 1 is 1.15 bits per heavy atom. The number of halogens is 2. The van der Waals surface area contributed by atoms with E-state index in [1.54, 1.807) is 12.1 Å². The molecular weight excluding hydrogens is 262 g/mol. The minimum absolute atomic E-state index is 0.224. The van der Waals surface area contributed by atoms with Crippen LogP contribution in [-0.4, -0.2) is 5.91 Å². The van der Waals surface area contributed by atoms with Gasteiger partial charge in [0.1, 0.15) is 17.7 Å². The Kier molecular flexibility index (Phi) is 4.10. The standard InChI is InChI=1S/C15H14F2N2O/c1-9-2-4-10(5-3-9)14(18)15(20)19-13-8-11(16)6-7-12(13)17/h2-8,14H,18H2,1H3,(H,19,20). The molecule has 1 amide bonds. The number of carbonyl (C=O) groups excluding carboxylic acids is 1. The highest BCUT2D eigenvalue weighted by molar-refractivity contribution is 5.95. The molecule has 1 atom stereocenters. The first-order valence-electron chi connectivity index (χ1n) is 6.05. The van der Waals surface area contributed by atoms with Crippen molar-refractivity contribution in [2.24, 2.45) is 5.73 Å². The van der Waals surface area contributed by atoms with E-state index in [1.165, 1.54) is 0 Å². The number of anilines is 1. The molecule has 3 nitrogen and oxygen atoms in total. The molecule has 5 heteroatoms. The summed E-state index contributed by atoms with van der Waals surface area (Å²) in [5, 5.41) is 2.28. The van der Waals surface area contributed by atoms with Gasteiger partial charge in [0.15, 0.2) is 0 Å². The summed E-state index contributed by atoms with van der Waals surface area (Å²) in [6.07, 6.45) is 0.